The first kappa shape index (κ1) is 26.6. The summed E-state index contributed by atoms with van der Waals surface area (Å²) in [5, 5.41) is 19.5. The average Bonchev–Trinajstić information content (AvgIpc) is 3.36. The van der Waals surface area contributed by atoms with E-state index in [0.29, 0.717) is 35.4 Å². The van der Waals surface area contributed by atoms with E-state index in [9.17, 15) is 14.9 Å². The highest BCUT2D eigenvalue weighted by Crippen LogP contribution is 2.64. The standard InChI is InChI=1S/C29H33ClN6O4/c1-3-34(4-2)22-6-5-7-24(11-22)40-25-10-21(9-23(12-25)36(38)39)32-26(37)28-13-19-8-20(14-28)16-29(15-19,17-28)35-18-31-27(30)33-35/h5-7,9-12,18-20H,3-4,8,13-17H2,1-2H3,(H,32,37)/t19-,20+,28?,29?. The van der Waals surface area contributed by atoms with Crippen LogP contribution in [-0.4, -0.2) is 38.7 Å². The Kier molecular flexibility index (Phi) is 6.68. The molecule has 4 aliphatic carbocycles. The summed E-state index contributed by atoms with van der Waals surface area (Å²) in [7, 11) is 0. The van der Waals surface area contributed by atoms with Crippen LogP contribution in [0, 0.1) is 27.4 Å². The lowest BCUT2D eigenvalue weighted by Crippen LogP contribution is -2.60. The lowest BCUT2D eigenvalue weighted by molar-refractivity contribution is -0.384. The number of rotatable bonds is 9. The molecule has 4 aliphatic rings. The number of nitrogens with zero attached hydrogens (tertiary/aromatic N) is 5. The molecule has 1 aromatic heterocycles. The Balaban J connectivity index is 1.27. The molecule has 4 fully saturated rings. The van der Waals surface area contributed by atoms with Gasteiger partial charge in [-0.15, -0.1) is 5.10 Å². The number of hydrogen-bond donors (Lipinski definition) is 1. The Hall–Kier alpha value is -3.66. The van der Waals surface area contributed by atoms with Crippen molar-refractivity contribution < 1.29 is 14.5 Å². The molecular weight excluding hydrogens is 532 g/mol. The van der Waals surface area contributed by atoms with Crippen molar-refractivity contribution in [2.75, 3.05) is 23.3 Å². The molecule has 1 heterocycles. The zero-order valence-corrected chi connectivity index (χ0v) is 23.4. The number of non-ortho nitro benzene ring substituents is 1. The predicted molar refractivity (Wildman–Crippen MR) is 152 cm³/mol. The smallest absolute Gasteiger partial charge is 0.275 e. The second kappa shape index (κ2) is 10.1. The SMILES string of the molecule is CCN(CC)c1cccc(Oc2cc(NC(=O)C34C[C@H]5C[C@@H](C3)CC(n3cnc(Cl)n3)(C5)C4)cc([N+](=O)[O-])c2)c1. The minimum Gasteiger partial charge on any atom is -0.457 e. The van der Waals surface area contributed by atoms with E-state index in [0.717, 1.165) is 50.9 Å². The van der Waals surface area contributed by atoms with E-state index in [1.807, 2.05) is 28.9 Å². The molecule has 2 aromatic carbocycles. The van der Waals surface area contributed by atoms with Crippen LogP contribution in [0.25, 0.3) is 0 Å². The number of nitrogens with one attached hydrogen (secondary N) is 1. The molecule has 11 heteroatoms. The van der Waals surface area contributed by atoms with Gasteiger partial charge in [0.25, 0.3) is 5.69 Å². The summed E-state index contributed by atoms with van der Waals surface area (Å²) in [6, 6.07) is 12.1. The summed E-state index contributed by atoms with van der Waals surface area (Å²) in [6.07, 6.45) is 6.96. The normalized spacial score (nSPS) is 26.5. The number of carbonyl (C=O) groups excluding carboxylic acids is 1. The van der Waals surface area contributed by atoms with Crippen LogP contribution in [0.5, 0.6) is 11.5 Å². The number of anilines is 2. The van der Waals surface area contributed by atoms with E-state index in [1.54, 1.807) is 12.4 Å². The lowest BCUT2D eigenvalue weighted by atomic mass is 9.46. The summed E-state index contributed by atoms with van der Waals surface area (Å²) < 4.78 is 7.96. The lowest BCUT2D eigenvalue weighted by Gasteiger charge is -2.60. The largest absolute Gasteiger partial charge is 0.457 e. The second-order valence-electron chi connectivity index (χ2n) is 11.6. The topological polar surface area (TPSA) is 115 Å². The molecule has 40 heavy (non-hydrogen) atoms. The van der Waals surface area contributed by atoms with Crippen LogP contribution in [0.15, 0.2) is 48.8 Å². The summed E-state index contributed by atoms with van der Waals surface area (Å²) in [5.41, 5.74) is 0.348. The van der Waals surface area contributed by atoms with Crippen LogP contribution in [0.2, 0.25) is 5.28 Å². The molecule has 1 N–H and O–H groups in total. The molecule has 4 bridgehead atoms. The third kappa shape index (κ3) is 4.78. The quantitative estimate of drug-likeness (QED) is 0.236. The summed E-state index contributed by atoms with van der Waals surface area (Å²) in [4.78, 5) is 31.6. The molecule has 7 rings (SSSR count). The van der Waals surface area contributed by atoms with Crippen LogP contribution in [0.1, 0.15) is 52.4 Å². The fourth-order valence-corrected chi connectivity index (χ4v) is 7.90. The monoisotopic (exact) mass is 564 g/mol. The highest BCUT2D eigenvalue weighted by Gasteiger charge is 2.61. The van der Waals surface area contributed by atoms with Crippen molar-refractivity contribution in [3.63, 3.8) is 0 Å². The van der Waals surface area contributed by atoms with Crippen molar-refractivity contribution in [1.29, 1.82) is 0 Å². The fourth-order valence-electron chi connectivity index (χ4n) is 7.77. The molecule has 4 saturated carbocycles. The summed E-state index contributed by atoms with van der Waals surface area (Å²) >= 11 is 6.07. The van der Waals surface area contributed by atoms with Crippen LogP contribution in [0.4, 0.5) is 17.1 Å². The van der Waals surface area contributed by atoms with E-state index in [2.05, 4.69) is 34.1 Å². The zero-order chi connectivity index (χ0) is 28.1. The summed E-state index contributed by atoms with van der Waals surface area (Å²) in [6.45, 7) is 5.86. The molecule has 0 saturated heterocycles. The molecule has 0 aliphatic heterocycles. The van der Waals surface area contributed by atoms with Gasteiger partial charge in [-0.1, -0.05) is 6.07 Å². The number of ether oxygens (including phenoxy) is 1. The number of carbonyl (C=O) groups is 1. The third-order valence-corrected chi connectivity index (χ3v) is 9.18. The molecule has 0 radical (unpaired) electrons. The molecule has 210 valence electrons. The van der Waals surface area contributed by atoms with Gasteiger partial charge in [-0.05, 0) is 87.9 Å². The third-order valence-electron chi connectivity index (χ3n) is 9.00. The maximum atomic E-state index is 14.0. The first-order valence-electron chi connectivity index (χ1n) is 13.9. The van der Waals surface area contributed by atoms with Crippen molar-refractivity contribution in [2.24, 2.45) is 17.3 Å². The van der Waals surface area contributed by atoms with Gasteiger partial charge in [0.2, 0.25) is 11.2 Å². The van der Waals surface area contributed by atoms with E-state index in [4.69, 9.17) is 16.3 Å². The Bertz CT molecular complexity index is 1440. The van der Waals surface area contributed by atoms with Crippen LogP contribution < -0.4 is 15.0 Å². The number of amides is 1. The van der Waals surface area contributed by atoms with Gasteiger partial charge in [0.1, 0.15) is 17.8 Å². The van der Waals surface area contributed by atoms with Crippen LogP contribution in [-0.2, 0) is 10.3 Å². The van der Waals surface area contributed by atoms with Gasteiger partial charge in [-0.2, -0.15) is 0 Å². The first-order chi connectivity index (χ1) is 19.2. The van der Waals surface area contributed by atoms with Gasteiger partial charge >= 0.3 is 0 Å². The number of aromatic nitrogens is 3. The van der Waals surface area contributed by atoms with E-state index in [-0.39, 0.29) is 22.4 Å². The molecule has 1 amide bonds. The van der Waals surface area contributed by atoms with Crippen LogP contribution >= 0.6 is 11.6 Å². The van der Waals surface area contributed by atoms with Crippen molar-refractivity contribution >= 4 is 34.6 Å². The van der Waals surface area contributed by atoms with Gasteiger partial charge in [0.15, 0.2) is 0 Å². The highest BCUT2D eigenvalue weighted by atomic mass is 35.5. The van der Waals surface area contributed by atoms with Crippen molar-refractivity contribution in [3.05, 3.63) is 64.2 Å². The number of benzene rings is 2. The van der Waals surface area contributed by atoms with Gasteiger partial charge in [-0.3, -0.25) is 14.9 Å². The van der Waals surface area contributed by atoms with Gasteiger partial charge in [0.05, 0.1) is 27.6 Å². The van der Waals surface area contributed by atoms with Crippen molar-refractivity contribution in [2.45, 2.75) is 57.9 Å². The highest BCUT2D eigenvalue weighted by molar-refractivity contribution is 6.28. The molecule has 3 aromatic rings. The first-order valence-corrected chi connectivity index (χ1v) is 14.3. The van der Waals surface area contributed by atoms with Gasteiger partial charge in [0, 0.05) is 37.0 Å². The summed E-state index contributed by atoms with van der Waals surface area (Å²) in [5.74, 6) is 1.58. The van der Waals surface area contributed by atoms with E-state index < -0.39 is 10.3 Å². The number of nitro benzene ring substituents is 1. The Morgan fingerprint density at radius 2 is 1.90 bits per heavy atom. The molecule has 4 atom stereocenters. The molecule has 2 unspecified atom stereocenters. The van der Waals surface area contributed by atoms with E-state index >= 15 is 0 Å². The Morgan fingerprint density at radius 1 is 1.15 bits per heavy atom. The molecule has 10 nitrogen and oxygen atoms in total. The number of halogens is 1. The van der Waals surface area contributed by atoms with Gasteiger partial charge < -0.3 is 15.0 Å². The van der Waals surface area contributed by atoms with Crippen LogP contribution in [0.3, 0.4) is 0 Å². The maximum absolute atomic E-state index is 14.0. The molecule has 0 spiro atoms. The minimum atomic E-state index is -0.577. The zero-order valence-electron chi connectivity index (χ0n) is 22.7. The predicted octanol–water partition coefficient (Wildman–Crippen LogP) is 6.41. The number of nitro groups is 1. The average molecular weight is 565 g/mol. The molecular formula is C29H33ClN6O4. The Morgan fingerprint density at radius 3 is 2.55 bits per heavy atom. The number of hydrogen-bond acceptors (Lipinski definition) is 7. The fraction of sp³-hybridized carbons (Fsp3) is 0.483. The minimum absolute atomic E-state index is 0.104. The maximum Gasteiger partial charge on any atom is 0.275 e. The Labute approximate surface area is 237 Å². The van der Waals surface area contributed by atoms with Gasteiger partial charge in [-0.25, -0.2) is 9.67 Å². The van der Waals surface area contributed by atoms with Crippen molar-refractivity contribution in [3.8, 4) is 11.5 Å². The van der Waals surface area contributed by atoms with Crippen molar-refractivity contribution in [1.82, 2.24) is 14.8 Å². The second-order valence-corrected chi connectivity index (χ2v) is 12.0. The van der Waals surface area contributed by atoms with E-state index in [1.165, 1.54) is 12.1 Å².